The summed E-state index contributed by atoms with van der Waals surface area (Å²) < 4.78 is 10.8. The van der Waals surface area contributed by atoms with Crippen LogP contribution in [0.25, 0.3) is 11.2 Å². The number of nitrogens with zero attached hydrogens (tertiary/aromatic N) is 3. The summed E-state index contributed by atoms with van der Waals surface area (Å²) >= 11 is 0. The number of aromatic amines is 1. The van der Waals surface area contributed by atoms with Crippen LogP contribution in [0.1, 0.15) is 11.9 Å². The van der Waals surface area contributed by atoms with Gasteiger partial charge in [-0.1, -0.05) is 0 Å². The highest BCUT2D eigenvalue weighted by molar-refractivity contribution is 5.68. The van der Waals surface area contributed by atoms with Gasteiger partial charge in [0.25, 0.3) is 0 Å². The maximum Gasteiger partial charge on any atom is 0.180 e. The van der Waals surface area contributed by atoms with Crippen molar-refractivity contribution < 1.29 is 9.47 Å². The molecule has 0 radical (unpaired) electrons. The molecule has 0 aliphatic carbocycles. The van der Waals surface area contributed by atoms with E-state index in [2.05, 4.69) is 19.9 Å². The molecule has 0 aromatic carbocycles. The summed E-state index contributed by atoms with van der Waals surface area (Å²) in [6.07, 6.45) is 3.06. The Kier molecular flexibility index (Phi) is 2.08. The summed E-state index contributed by atoms with van der Waals surface area (Å²) in [6.45, 7) is 1.79. The van der Waals surface area contributed by atoms with Crippen LogP contribution < -0.4 is 0 Å². The Morgan fingerprint density at radius 1 is 1.40 bits per heavy atom. The van der Waals surface area contributed by atoms with Crippen molar-refractivity contribution >= 4 is 11.2 Å². The summed E-state index contributed by atoms with van der Waals surface area (Å²) in [6, 6.07) is 0. The fourth-order valence-electron chi connectivity index (χ4n) is 1.58. The topological polar surface area (TPSA) is 72.9 Å². The summed E-state index contributed by atoms with van der Waals surface area (Å²) in [5.74, 6) is 0.755. The Labute approximate surface area is 85.7 Å². The van der Waals surface area contributed by atoms with Gasteiger partial charge in [-0.3, -0.25) is 0 Å². The quantitative estimate of drug-likeness (QED) is 0.733. The highest BCUT2D eigenvalue weighted by Gasteiger charge is 2.20. The average Bonchev–Trinajstić information content (AvgIpc) is 2.74. The fourth-order valence-corrected chi connectivity index (χ4v) is 1.58. The Morgan fingerprint density at radius 3 is 3.20 bits per heavy atom. The molecule has 6 heteroatoms. The predicted molar refractivity (Wildman–Crippen MR) is 51.2 cm³/mol. The number of aromatic nitrogens is 4. The molecular formula is C9H10N4O2. The first kappa shape index (κ1) is 8.75. The van der Waals surface area contributed by atoms with Crippen molar-refractivity contribution in [3.8, 4) is 0 Å². The zero-order valence-corrected chi connectivity index (χ0v) is 8.01. The first-order chi connectivity index (χ1) is 7.43. The first-order valence-electron chi connectivity index (χ1n) is 4.78. The van der Waals surface area contributed by atoms with Crippen LogP contribution in [0.15, 0.2) is 12.5 Å². The number of ether oxygens (including phenoxy) is 2. The van der Waals surface area contributed by atoms with Gasteiger partial charge in [0.05, 0.1) is 26.0 Å². The number of nitrogens with one attached hydrogen (secondary N) is 1. The van der Waals surface area contributed by atoms with E-state index in [-0.39, 0.29) is 6.10 Å². The van der Waals surface area contributed by atoms with Crippen molar-refractivity contribution in [1.82, 2.24) is 19.9 Å². The van der Waals surface area contributed by atoms with Gasteiger partial charge >= 0.3 is 0 Å². The second-order valence-corrected chi connectivity index (χ2v) is 3.32. The highest BCUT2D eigenvalue weighted by atomic mass is 16.6. The van der Waals surface area contributed by atoms with Gasteiger partial charge in [0.1, 0.15) is 23.8 Å². The third-order valence-electron chi connectivity index (χ3n) is 2.30. The van der Waals surface area contributed by atoms with E-state index >= 15 is 0 Å². The number of H-pyrrole nitrogens is 1. The van der Waals surface area contributed by atoms with Crippen LogP contribution in [0.3, 0.4) is 0 Å². The van der Waals surface area contributed by atoms with Crippen LogP contribution in [-0.2, 0) is 9.47 Å². The average molecular weight is 206 g/mol. The summed E-state index contributed by atoms with van der Waals surface area (Å²) in [4.78, 5) is 15.4. The van der Waals surface area contributed by atoms with Gasteiger partial charge in [-0.15, -0.1) is 0 Å². The van der Waals surface area contributed by atoms with E-state index in [9.17, 15) is 0 Å². The second kappa shape index (κ2) is 3.56. The van der Waals surface area contributed by atoms with Gasteiger partial charge in [-0.25, -0.2) is 15.0 Å². The molecule has 2 aromatic heterocycles. The number of fused-ring (bicyclic) bond motifs is 1. The molecular weight excluding hydrogens is 196 g/mol. The van der Waals surface area contributed by atoms with E-state index in [1.807, 2.05) is 0 Å². The minimum atomic E-state index is -0.118. The molecule has 15 heavy (non-hydrogen) atoms. The zero-order chi connectivity index (χ0) is 10.1. The summed E-state index contributed by atoms with van der Waals surface area (Å²) in [5, 5.41) is 0. The Morgan fingerprint density at radius 2 is 2.40 bits per heavy atom. The first-order valence-corrected chi connectivity index (χ1v) is 4.78. The Hall–Kier alpha value is -1.53. The van der Waals surface area contributed by atoms with E-state index < -0.39 is 0 Å². The third kappa shape index (κ3) is 1.57. The minimum Gasteiger partial charge on any atom is -0.376 e. The van der Waals surface area contributed by atoms with Crippen molar-refractivity contribution in [1.29, 1.82) is 0 Å². The Balaban J connectivity index is 1.96. The maximum atomic E-state index is 5.53. The SMILES string of the molecule is c1ncc2[nH]c(C3COCCO3)nc2n1. The molecule has 1 fully saturated rings. The number of hydrogen-bond acceptors (Lipinski definition) is 5. The number of rotatable bonds is 1. The lowest BCUT2D eigenvalue weighted by molar-refractivity contribution is -0.0931. The van der Waals surface area contributed by atoms with E-state index in [4.69, 9.17) is 9.47 Å². The van der Waals surface area contributed by atoms with Gasteiger partial charge in [0.2, 0.25) is 0 Å². The molecule has 3 heterocycles. The monoisotopic (exact) mass is 206 g/mol. The molecule has 78 valence electrons. The molecule has 1 aliphatic heterocycles. The molecule has 1 N–H and O–H groups in total. The van der Waals surface area contributed by atoms with Crippen LogP contribution >= 0.6 is 0 Å². The van der Waals surface area contributed by atoms with Crippen molar-refractivity contribution in [2.45, 2.75) is 6.10 Å². The second-order valence-electron chi connectivity index (χ2n) is 3.32. The molecule has 0 saturated carbocycles. The van der Waals surface area contributed by atoms with Crippen LogP contribution in [0.5, 0.6) is 0 Å². The van der Waals surface area contributed by atoms with Crippen LogP contribution in [0, 0.1) is 0 Å². The molecule has 0 spiro atoms. The van der Waals surface area contributed by atoms with Crippen molar-refractivity contribution in [2.24, 2.45) is 0 Å². The van der Waals surface area contributed by atoms with E-state index in [1.54, 1.807) is 6.20 Å². The molecule has 0 bridgehead atoms. The molecule has 1 saturated heterocycles. The van der Waals surface area contributed by atoms with E-state index in [0.29, 0.717) is 25.5 Å². The lowest BCUT2D eigenvalue weighted by atomic mass is 10.3. The lowest BCUT2D eigenvalue weighted by Gasteiger charge is -2.20. The van der Waals surface area contributed by atoms with E-state index in [0.717, 1.165) is 11.3 Å². The molecule has 1 aliphatic rings. The minimum absolute atomic E-state index is 0.118. The summed E-state index contributed by atoms with van der Waals surface area (Å²) in [7, 11) is 0. The molecule has 6 nitrogen and oxygen atoms in total. The smallest absolute Gasteiger partial charge is 0.180 e. The Bertz CT molecular complexity index is 431. The number of hydrogen-bond donors (Lipinski definition) is 1. The molecule has 1 unspecified atom stereocenters. The third-order valence-corrected chi connectivity index (χ3v) is 2.30. The van der Waals surface area contributed by atoms with Gasteiger partial charge < -0.3 is 14.5 Å². The van der Waals surface area contributed by atoms with Crippen LogP contribution in [-0.4, -0.2) is 39.8 Å². The largest absolute Gasteiger partial charge is 0.376 e. The van der Waals surface area contributed by atoms with Crippen LogP contribution in [0.2, 0.25) is 0 Å². The van der Waals surface area contributed by atoms with Gasteiger partial charge in [0, 0.05) is 0 Å². The van der Waals surface area contributed by atoms with Crippen molar-refractivity contribution in [2.75, 3.05) is 19.8 Å². The fraction of sp³-hybridized carbons (Fsp3) is 0.444. The van der Waals surface area contributed by atoms with Gasteiger partial charge in [0.15, 0.2) is 5.65 Å². The molecule has 1 atom stereocenters. The lowest BCUT2D eigenvalue weighted by Crippen LogP contribution is -2.22. The normalized spacial score (nSPS) is 22.0. The van der Waals surface area contributed by atoms with Crippen LogP contribution in [0.4, 0.5) is 0 Å². The highest BCUT2D eigenvalue weighted by Crippen LogP contribution is 2.19. The molecule has 0 amide bonds. The van der Waals surface area contributed by atoms with E-state index in [1.165, 1.54) is 6.33 Å². The maximum absolute atomic E-state index is 5.53. The summed E-state index contributed by atoms with van der Waals surface area (Å²) in [5.41, 5.74) is 1.48. The van der Waals surface area contributed by atoms with Gasteiger partial charge in [-0.05, 0) is 0 Å². The van der Waals surface area contributed by atoms with Gasteiger partial charge in [-0.2, -0.15) is 0 Å². The molecule has 3 rings (SSSR count). The standard InChI is InChI=1S/C9H10N4O2/c1-2-15-7(4-14-1)9-12-6-3-10-5-11-8(6)13-9/h3,5,7H,1-2,4H2,(H,10,11,12,13). The molecule has 2 aromatic rings. The van der Waals surface area contributed by atoms with Crippen molar-refractivity contribution in [3.05, 3.63) is 18.3 Å². The zero-order valence-electron chi connectivity index (χ0n) is 8.01. The number of imidazole rings is 1. The predicted octanol–water partition coefficient (Wildman–Crippen LogP) is 0.441. The van der Waals surface area contributed by atoms with Crippen molar-refractivity contribution in [3.63, 3.8) is 0 Å².